The van der Waals surface area contributed by atoms with Gasteiger partial charge < -0.3 is 11.1 Å². The van der Waals surface area contributed by atoms with Crippen LogP contribution in [0.4, 0.5) is 5.95 Å². The van der Waals surface area contributed by atoms with E-state index in [1.807, 2.05) is 18.3 Å². The Morgan fingerprint density at radius 2 is 2.22 bits per heavy atom. The summed E-state index contributed by atoms with van der Waals surface area (Å²) >= 11 is 3.47. The van der Waals surface area contributed by atoms with Crippen LogP contribution < -0.4 is 11.1 Å². The number of anilines is 1. The number of pyridine rings is 1. The first kappa shape index (κ1) is 11.9. The van der Waals surface area contributed by atoms with E-state index in [1.54, 1.807) is 4.52 Å². The maximum Gasteiger partial charge on any atom is 0.243 e. The Hall–Kier alpha value is -1.14. The Bertz CT molecular complexity index is 552. The van der Waals surface area contributed by atoms with Crippen molar-refractivity contribution in [3.05, 3.63) is 22.8 Å². The monoisotopic (exact) mass is 309 g/mol. The van der Waals surface area contributed by atoms with E-state index in [-0.39, 0.29) is 12.1 Å². The van der Waals surface area contributed by atoms with Gasteiger partial charge in [0.15, 0.2) is 5.65 Å². The van der Waals surface area contributed by atoms with Gasteiger partial charge in [-0.15, -0.1) is 5.10 Å². The molecule has 3 N–H and O–H groups in total. The van der Waals surface area contributed by atoms with Gasteiger partial charge >= 0.3 is 0 Å². The predicted octanol–water partition coefficient (Wildman–Crippen LogP) is 2.17. The minimum Gasteiger partial charge on any atom is -0.349 e. The van der Waals surface area contributed by atoms with Gasteiger partial charge in [-0.3, -0.25) is 0 Å². The Kier molecular flexibility index (Phi) is 3.22. The van der Waals surface area contributed by atoms with Crippen molar-refractivity contribution < 1.29 is 0 Å². The quantitative estimate of drug-likeness (QED) is 0.892. The lowest BCUT2D eigenvalue weighted by Gasteiger charge is -2.28. The average Bonchev–Trinajstić information content (AvgIpc) is 2.76. The van der Waals surface area contributed by atoms with Gasteiger partial charge in [0.2, 0.25) is 5.95 Å². The van der Waals surface area contributed by atoms with E-state index in [2.05, 4.69) is 31.3 Å². The third-order valence-electron chi connectivity index (χ3n) is 3.45. The minimum absolute atomic E-state index is 0.203. The molecule has 2 aromatic rings. The second-order valence-electron chi connectivity index (χ2n) is 4.76. The van der Waals surface area contributed by atoms with Crippen LogP contribution in [0.15, 0.2) is 22.8 Å². The smallest absolute Gasteiger partial charge is 0.243 e. The number of nitrogens with zero attached hydrogens (tertiary/aromatic N) is 3. The van der Waals surface area contributed by atoms with E-state index >= 15 is 0 Å². The molecule has 2 aromatic heterocycles. The highest BCUT2D eigenvalue weighted by molar-refractivity contribution is 9.10. The molecule has 0 saturated heterocycles. The van der Waals surface area contributed by atoms with Gasteiger partial charge in [-0.1, -0.05) is 12.8 Å². The van der Waals surface area contributed by atoms with E-state index in [0.29, 0.717) is 5.95 Å². The maximum absolute atomic E-state index is 6.12. The standard InChI is InChI=1S/C12H16BrN5/c13-8-4-3-7-18-11(8)16-12(17-18)15-10-6-2-1-5-9(10)14/h3-4,7,9-10H,1-2,5-6,14H2,(H,15,17). The highest BCUT2D eigenvalue weighted by Crippen LogP contribution is 2.21. The molecule has 18 heavy (non-hydrogen) atoms. The molecule has 5 nitrogen and oxygen atoms in total. The zero-order valence-corrected chi connectivity index (χ0v) is 11.6. The molecule has 0 aromatic carbocycles. The highest BCUT2D eigenvalue weighted by atomic mass is 79.9. The fraction of sp³-hybridized carbons (Fsp3) is 0.500. The summed E-state index contributed by atoms with van der Waals surface area (Å²) < 4.78 is 2.71. The fourth-order valence-electron chi connectivity index (χ4n) is 2.44. The Balaban J connectivity index is 1.84. The van der Waals surface area contributed by atoms with Crippen molar-refractivity contribution in [3.8, 4) is 0 Å². The lowest BCUT2D eigenvalue weighted by Crippen LogP contribution is -2.42. The van der Waals surface area contributed by atoms with Crippen LogP contribution in [-0.2, 0) is 0 Å². The summed E-state index contributed by atoms with van der Waals surface area (Å²) in [5, 5.41) is 7.77. The molecular weight excluding hydrogens is 294 g/mol. The molecule has 0 aliphatic heterocycles. The van der Waals surface area contributed by atoms with Crippen LogP contribution in [0.3, 0.4) is 0 Å². The first-order valence-electron chi connectivity index (χ1n) is 6.27. The molecule has 1 fully saturated rings. The van der Waals surface area contributed by atoms with Gasteiger partial charge in [-0.25, -0.2) is 4.52 Å². The lowest BCUT2D eigenvalue weighted by atomic mass is 9.91. The van der Waals surface area contributed by atoms with Crippen molar-refractivity contribution in [2.24, 2.45) is 5.73 Å². The fourth-order valence-corrected chi connectivity index (χ4v) is 2.86. The third kappa shape index (κ3) is 2.22. The van der Waals surface area contributed by atoms with Gasteiger partial charge in [-0.2, -0.15) is 4.98 Å². The van der Waals surface area contributed by atoms with Gasteiger partial charge in [0.05, 0.1) is 4.47 Å². The molecule has 0 spiro atoms. The first-order valence-corrected chi connectivity index (χ1v) is 7.06. The molecular formula is C12H16BrN5. The van der Waals surface area contributed by atoms with Crippen molar-refractivity contribution in [2.45, 2.75) is 37.8 Å². The zero-order valence-electron chi connectivity index (χ0n) is 10.0. The molecule has 6 heteroatoms. The van der Waals surface area contributed by atoms with Gasteiger partial charge in [-0.05, 0) is 40.9 Å². The van der Waals surface area contributed by atoms with E-state index in [0.717, 1.165) is 23.0 Å². The number of fused-ring (bicyclic) bond motifs is 1. The van der Waals surface area contributed by atoms with Crippen molar-refractivity contribution >= 4 is 27.5 Å². The van der Waals surface area contributed by atoms with Crippen LogP contribution in [0, 0.1) is 0 Å². The largest absolute Gasteiger partial charge is 0.349 e. The molecule has 1 saturated carbocycles. The molecule has 2 heterocycles. The topological polar surface area (TPSA) is 68.2 Å². The second kappa shape index (κ2) is 4.85. The van der Waals surface area contributed by atoms with Gasteiger partial charge in [0.1, 0.15) is 0 Å². The highest BCUT2D eigenvalue weighted by Gasteiger charge is 2.22. The minimum atomic E-state index is 0.203. The summed E-state index contributed by atoms with van der Waals surface area (Å²) in [6.07, 6.45) is 6.51. The summed E-state index contributed by atoms with van der Waals surface area (Å²) in [6, 6.07) is 4.38. The summed E-state index contributed by atoms with van der Waals surface area (Å²) in [4.78, 5) is 4.48. The van der Waals surface area contributed by atoms with Crippen LogP contribution >= 0.6 is 15.9 Å². The van der Waals surface area contributed by atoms with Gasteiger partial charge in [0, 0.05) is 18.3 Å². The molecule has 1 aliphatic rings. The zero-order chi connectivity index (χ0) is 12.5. The van der Waals surface area contributed by atoms with E-state index in [4.69, 9.17) is 5.73 Å². The van der Waals surface area contributed by atoms with Crippen LogP contribution in [0.5, 0.6) is 0 Å². The van der Waals surface area contributed by atoms with Crippen molar-refractivity contribution in [2.75, 3.05) is 5.32 Å². The molecule has 0 radical (unpaired) electrons. The first-order chi connectivity index (χ1) is 8.74. The van der Waals surface area contributed by atoms with Crippen molar-refractivity contribution in [1.82, 2.24) is 14.6 Å². The van der Waals surface area contributed by atoms with Crippen LogP contribution in [0.1, 0.15) is 25.7 Å². The number of hydrogen-bond acceptors (Lipinski definition) is 4. The summed E-state index contributed by atoms with van der Waals surface area (Å²) in [6.45, 7) is 0. The average molecular weight is 310 g/mol. The Morgan fingerprint density at radius 3 is 3.00 bits per heavy atom. The van der Waals surface area contributed by atoms with Crippen molar-refractivity contribution in [1.29, 1.82) is 0 Å². The number of nitrogens with two attached hydrogens (primary N) is 1. The molecule has 2 unspecified atom stereocenters. The number of halogens is 1. The summed E-state index contributed by atoms with van der Waals surface area (Å²) in [5.41, 5.74) is 6.94. The normalized spacial score (nSPS) is 24.3. The Morgan fingerprint density at radius 1 is 1.39 bits per heavy atom. The molecule has 1 aliphatic carbocycles. The molecule has 0 bridgehead atoms. The van der Waals surface area contributed by atoms with Crippen LogP contribution in [0.2, 0.25) is 0 Å². The SMILES string of the molecule is NC1CCCCC1Nc1nc2c(Br)cccn2n1. The third-order valence-corrected chi connectivity index (χ3v) is 4.07. The second-order valence-corrected chi connectivity index (χ2v) is 5.61. The summed E-state index contributed by atoms with van der Waals surface area (Å²) in [7, 11) is 0. The van der Waals surface area contributed by atoms with Crippen LogP contribution in [0.25, 0.3) is 5.65 Å². The van der Waals surface area contributed by atoms with E-state index in [9.17, 15) is 0 Å². The summed E-state index contributed by atoms with van der Waals surface area (Å²) in [5.74, 6) is 0.657. The van der Waals surface area contributed by atoms with Crippen LogP contribution in [-0.4, -0.2) is 26.7 Å². The number of hydrogen-bond donors (Lipinski definition) is 2. The van der Waals surface area contributed by atoms with E-state index in [1.165, 1.54) is 12.8 Å². The maximum atomic E-state index is 6.12. The number of nitrogens with one attached hydrogen (secondary N) is 1. The van der Waals surface area contributed by atoms with Gasteiger partial charge in [0.25, 0.3) is 0 Å². The Labute approximate surface area is 114 Å². The molecule has 2 atom stereocenters. The number of aromatic nitrogens is 3. The predicted molar refractivity (Wildman–Crippen MR) is 74.5 cm³/mol. The van der Waals surface area contributed by atoms with E-state index < -0.39 is 0 Å². The van der Waals surface area contributed by atoms with Crippen molar-refractivity contribution in [3.63, 3.8) is 0 Å². The molecule has 0 amide bonds. The molecule has 96 valence electrons. The molecule has 3 rings (SSSR count). The number of rotatable bonds is 2. The lowest BCUT2D eigenvalue weighted by molar-refractivity contribution is 0.402.